The highest BCUT2D eigenvalue weighted by Gasteiger charge is 2.25. The maximum atomic E-state index is 13.6. The van der Waals surface area contributed by atoms with Gasteiger partial charge in [0, 0.05) is 31.8 Å². The second-order valence-corrected chi connectivity index (χ2v) is 8.91. The molecule has 0 spiro atoms. The molecule has 7 nitrogen and oxygen atoms in total. The minimum absolute atomic E-state index is 0.0438. The number of aryl methyl sites for hydroxylation is 1. The van der Waals surface area contributed by atoms with Crippen LogP contribution in [0.3, 0.4) is 0 Å². The van der Waals surface area contributed by atoms with Gasteiger partial charge in [0.1, 0.15) is 11.4 Å². The fourth-order valence-electron chi connectivity index (χ4n) is 3.26. The first-order chi connectivity index (χ1) is 14.8. The van der Waals surface area contributed by atoms with Gasteiger partial charge in [-0.2, -0.15) is 4.98 Å². The summed E-state index contributed by atoms with van der Waals surface area (Å²) in [6, 6.07) is 7.59. The zero-order valence-corrected chi connectivity index (χ0v) is 20.0. The van der Waals surface area contributed by atoms with Crippen molar-refractivity contribution in [2.45, 2.75) is 20.1 Å². The summed E-state index contributed by atoms with van der Waals surface area (Å²) in [5.74, 6) is 0.938. The zero-order chi connectivity index (χ0) is 22.5. The molecule has 0 aliphatic rings. The van der Waals surface area contributed by atoms with E-state index in [4.69, 9.17) is 21.1 Å². The number of carbonyl (C=O) groups excluding carboxylic acids is 1. The van der Waals surface area contributed by atoms with Gasteiger partial charge in [-0.25, -0.2) is 4.98 Å². The predicted molar refractivity (Wildman–Crippen MR) is 124 cm³/mol. The van der Waals surface area contributed by atoms with E-state index in [0.29, 0.717) is 34.7 Å². The molecule has 0 fully saturated rings. The molecule has 0 saturated heterocycles. The number of benzene rings is 1. The van der Waals surface area contributed by atoms with Gasteiger partial charge in [-0.3, -0.25) is 4.79 Å². The minimum atomic E-state index is -0.0438. The number of ether oxygens (including phenoxy) is 2. The molecule has 31 heavy (non-hydrogen) atoms. The number of halogens is 1. The number of rotatable bonds is 9. The summed E-state index contributed by atoms with van der Waals surface area (Å²) in [7, 11) is 7.14. The number of hydrogen-bond donors (Lipinski definition) is 0. The standard InChI is InChI=1S/C22H27ClN4O3S/c1-14-18-20(30-5)24-17(13-29-4)25-21(18)31-19(14)22(28)27(10-9-26(2)3)12-15-7-6-8-16(23)11-15/h6-8,11H,9-10,12-13H2,1-5H3. The van der Waals surface area contributed by atoms with Gasteiger partial charge in [-0.15, -0.1) is 11.3 Å². The third-order valence-electron chi connectivity index (χ3n) is 4.83. The first-order valence-electron chi connectivity index (χ1n) is 9.85. The molecular weight excluding hydrogens is 436 g/mol. The van der Waals surface area contributed by atoms with E-state index >= 15 is 0 Å². The average Bonchev–Trinajstić information content (AvgIpc) is 3.06. The Morgan fingerprint density at radius 2 is 1.97 bits per heavy atom. The number of aromatic nitrogens is 2. The normalized spacial score (nSPS) is 11.3. The van der Waals surface area contributed by atoms with Crippen molar-refractivity contribution < 1.29 is 14.3 Å². The van der Waals surface area contributed by atoms with Gasteiger partial charge in [0.2, 0.25) is 5.88 Å². The van der Waals surface area contributed by atoms with Crippen LogP contribution in [0.1, 0.15) is 26.6 Å². The van der Waals surface area contributed by atoms with Gasteiger partial charge in [0.05, 0.1) is 17.4 Å². The van der Waals surface area contributed by atoms with Crippen LogP contribution in [0.15, 0.2) is 24.3 Å². The lowest BCUT2D eigenvalue weighted by atomic mass is 10.1. The van der Waals surface area contributed by atoms with Crippen molar-refractivity contribution in [3.05, 3.63) is 51.1 Å². The third kappa shape index (κ3) is 5.51. The number of methoxy groups -OCH3 is 2. The second kappa shape index (κ2) is 10.4. The van der Waals surface area contributed by atoms with Crippen LogP contribution in [-0.4, -0.2) is 67.1 Å². The van der Waals surface area contributed by atoms with Crippen molar-refractivity contribution in [2.24, 2.45) is 0 Å². The summed E-state index contributed by atoms with van der Waals surface area (Å²) in [6.07, 6.45) is 0. The minimum Gasteiger partial charge on any atom is -0.480 e. The lowest BCUT2D eigenvalue weighted by Crippen LogP contribution is -2.36. The van der Waals surface area contributed by atoms with Gasteiger partial charge in [-0.1, -0.05) is 23.7 Å². The second-order valence-electron chi connectivity index (χ2n) is 7.48. The molecule has 0 N–H and O–H groups in total. The Morgan fingerprint density at radius 3 is 2.61 bits per heavy atom. The van der Waals surface area contributed by atoms with E-state index < -0.39 is 0 Å². The molecule has 0 aliphatic carbocycles. The number of thiophene rings is 1. The summed E-state index contributed by atoms with van der Waals surface area (Å²) in [4.78, 5) is 27.9. The zero-order valence-electron chi connectivity index (χ0n) is 18.4. The summed E-state index contributed by atoms with van der Waals surface area (Å²) in [5, 5.41) is 1.42. The van der Waals surface area contributed by atoms with Gasteiger partial charge >= 0.3 is 0 Å². The maximum Gasteiger partial charge on any atom is 0.264 e. The number of amides is 1. The average molecular weight is 463 g/mol. The van der Waals surface area contributed by atoms with Crippen LogP contribution in [0.25, 0.3) is 10.2 Å². The van der Waals surface area contributed by atoms with Crippen molar-refractivity contribution in [3.63, 3.8) is 0 Å². The molecule has 166 valence electrons. The molecule has 0 saturated carbocycles. The lowest BCUT2D eigenvalue weighted by Gasteiger charge is -2.24. The van der Waals surface area contributed by atoms with Crippen molar-refractivity contribution in [1.82, 2.24) is 19.8 Å². The molecule has 9 heteroatoms. The van der Waals surface area contributed by atoms with E-state index in [1.165, 1.54) is 11.3 Å². The van der Waals surface area contributed by atoms with Crippen molar-refractivity contribution in [2.75, 3.05) is 41.4 Å². The first-order valence-corrected chi connectivity index (χ1v) is 11.0. The van der Waals surface area contributed by atoms with E-state index in [0.717, 1.165) is 27.9 Å². The molecule has 2 aromatic heterocycles. The number of likely N-dealkylation sites (N-methyl/N-ethyl adjacent to an activating group) is 1. The molecule has 3 rings (SSSR count). The molecule has 0 radical (unpaired) electrons. The van der Waals surface area contributed by atoms with E-state index in [1.807, 2.05) is 50.2 Å². The van der Waals surface area contributed by atoms with Crippen LogP contribution in [0, 0.1) is 6.92 Å². The summed E-state index contributed by atoms with van der Waals surface area (Å²) in [6.45, 7) is 3.99. The van der Waals surface area contributed by atoms with Crippen LogP contribution >= 0.6 is 22.9 Å². The molecule has 3 aromatic rings. The van der Waals surface area contributed by atoms with Crippen LogP contribution in [-0.2, 0) is 17.9 Å². The number of hydrogen-bond acceptors (Lipinski definition) is 7. The number of carbonyl (C=O) groups is 1. The van der Waals surface area contributed by atoms with E-state index in [9.17, 15) is 4.79 Å². The molecule has 0 atom stereocenters. The van der Waals surface area contributed by atoms with Gasteiger partial charge in [0.25, 0.3) is 5.91 Å². The van der Waals surface area contributed by atoms with Gasteiger partial charge < -0.3 is 19.3 Å². The number of fused-ring (bicyclic) bond motifs is 1. The molecule has 1 amide bonds. The van der Waals surface area contributed by atoms with Crippen molar-refractivity contribution >= 4 is 39.1 Å². The Bertz CT molecular complexity index is 1070. The van der Waals surface area contributed by atoms with Crippen LogP contribution in [0.4, 0.5) is 0 Å². The van der Waals surface area contributed by atoms with E-state index in [1.54, 1.807) is 14.2 Å². The monoisotopic (exact) mass is 462 g/mol. The third-order valence-corrected chi connectivity index (χ3v) is 6.24. The van der Waals surface area contributed by atoms with E-state index in [-0.39, 0.29) is 12.5 Å². The van der Waals surface area contributed by atoms with Gasteiger partial charge in [-0.05, 0) is 44.3 Å². The SMILES string of the molecule is COCc1nc(OC)c2c(C)c(C(=O)N(CCN(C)C)Cc3cccc(Cl)c3)sc2n1. The maximum absolute atomic E-state index is 13.6. The molecule has 2 heterocycles. The molecule has 0 unspecified atom stereocenters. The Kier molecular flexibility index (Phi) is 7.83. The molecule has 1 aromatic carbocycles. The Labute approximate surface area is 191 Å². The van der Waals surface area contributed by atoms with Crippen LogP contribution < -0.4 is 4.74 Å². The highest BCUT2D eigenvalue weighted by Crippen LogP contribution is 2.36. The largest absolute Gasteiger partial charge is 0.480 e. The highest BCUT2D eigenvalue weighted by molar-refractivity contribution is 7.20. The molecular formula is C22H27ClN4O3S. The lowest BCUT2D eigenvalue weighted by molar-refractivity contribution is 0.0736. The van der Waals surface area contributed by atoms with Gasteiger partial charge in [0.15, 0.2) is 5.82 Å². The molecule has 0 bridgehead atoms. The summed E-state index contributed by atoms with van der Waals surface area (Å²) in [5.41, 5.74) is 1.81. The Morgan fingerprint density at radius 1 is 1.19 bits per heavy atom. The Hall–Kier alpha value is -2.26. The number of nitrogens with zero attached hydrogens (tertiary/aromatic N) is 4. The smallest absolute Gasteiger partial charge is 0.264 e. The Balaban J connectivity index is 2.00. The van der Waals surface area contributed by atoms with E-state index in [2.05, 4.69) is 14.9 Å². The highest BCUT2D eigenvalue weighted by atomic mass is 35.5. The van der Waals surface area contributed by atoms with Crippen molar-refractivity contribution in [1.29, 1.82) is 0 Å². The first kappa shape index (κ1) is 23.4. The fraction of sp³-hybridized carbons (Fsp3) is 0.409. The summed E-state index contributed by atoms with van der Waals surface area (Å²) >= 11 is 7.52. The quantitative estimate of drug-likeness (QED) is 0.478. The predicted octanol–water partition coefficient (Wildman–Crippen LogP) is 4.01. The fourth-order valence-corrected chi connectivity index (χ4v) is 4.63. The van der Waals surface area contributed by atoms with Crippen LogP contribution in [0.2, 0.25) is 5.02 Å². The van der Waals surface area contributed by atoms with Crippen molar-refractivity contribution in [3.8, 4) is 5.88 Å². The molecule has 0 aliphatic heterocycles. The van der Waals surface area contributed by atoms with Crippen LogP contribution in [0.5, 0.6) is 5.88 Å². The summed E-state index contributed by atoms with van der Waals surface area (Å²) < 4.78 is 10.7. The topological polar surface area (TPSA) is 67.8 Å².